The Morgan fingerprint density at radius 3 is 2.85 bits per heavy atom. The summed E-state index contributed by atoms with van der Waals surface area (Å²) in [6.07, 6.45) is 5.05. The number of aliphatic imine (C=N–C) groups is 1. The predicted molar refractivity (Wildman–Crippen MR) is 53.5 cm³/mol. The molecule has 0 saturated carbocycles. The number of aryl methyl sites for hydroxylation is 1. The van der Waals surface area contributed by atoms with Crippen LogP contribution in [0.4, 0.5) is 5.82 Å². The van der Waals surface area contributed by atoms with Gasteiger partial charge in [-0.15, -0.1) is 0 Å². The number of hydrogen-bond acceptors (Lipinski definition) is 1. The van der Waals surface area contributed by atoms with Crippen molar-refractivity contribution in [2.24, 2.45) is 12.0 Å². The first kappa shape index (κ1) is 8.42. The molecule has 0 aliphatic heterocycles. The second-order valence-corrected chi connectivity index (χ2v) is 3.59. The van der Waals surface area contributed by atoms with Gasteiger partial charge in [-0.3, -0.25) is 0 Å². The highest BCUT2D eigenvalue weighted by Gasteiger charge is 2.17. The minimum Gasteiger partial charge on any atom is -0.231 e. The average molecular weight is 175 g/mol. The van der Waals surface area contributed by atoms with Gasteiger partial charge in [0.1, 0.15) is 12.4 Å². The van der Waals surface area contributed by atoms with Crippen molar-refractivity contribution >= 4 is 12.5 Å². The molecule has 2 nitrogen and oxygen atoms in total. The molecular weight excluding hydrogens is 160 g/mol. The van der Waals surface area contributed by atoms with Gasteiger partial charge < -0.3 is 0 Å². The number of nitrogens with zero attached hydrogens (tertiary/aromatic N) is 2. The van der Waals surface area contributed by atoms with Crippen LogP contribution < -0.4 is 4.57 Å². The molecule has 0 fully saturated rings. The van der Waals surface area contributed by atoms with Gasteiger partial charge in [0.05, 0.1) is 7.05 Å². The molecule has 2 heteroatoms. The van der Waals surface area contributed by atoms with Gasteiger partial charge in [0, 0.05) is 12.5 Å². The Morgan fingerprint density at radius 1 is 1.31 bits per heavy atom. The minimum atomic E-state index is 0.973. The van der Waals surface area contributed by atoms with Crippen LogP contribution in [0, 0.1) is 0 Å². The van der Waals surface area contributed by atoms with Crippen molar-refractivity contribution in [3.8, 4) is 0 Å². The summed E-state index contributed by atoms with van der Waals surface area (Å²) in [5, 5.41) is 0. The minimum absolute atomic E-state index is 0.973. The summed E-state index contributed by atoms with van der Waals surface area (Å²) in [6.45, 7) is 3.57. The first-order valence-corrected chi connectivity index (χ1v) is 4.80. The third-order valence-corrected chi connectivity index (χ3v) is 2.82. The molecular formula is C11H15N2+. The van der Waals surface area contributed by atoms with E-state index in [-0.39, 0.29) is 0 Å². The fourth-order valence-corrected chi connectivity index (χ4v) is 2.06. The second-order valence-electron chi connectivity index (χ2n) is 3.59. The number of hydrogen-bond donors (Lipinski definition) is 0. The molecule has 0 unspecified atom stereocenters. The largest absolute Gasteiger partial charge is 0.322 e. The van der Waals surface area contributed by atoms with Crippen LogP contribution in [0.15, 0.2) is 17.1 Å². The number of rotatable bonds is 1. The Labute approximate surface area is 78.9 Å². The van der Waals surface area contributed by atoms with Crippen LogP contribution in [0.1, 0.15) is 24.1 Å². The lowest BCUT2D eigenvalue weighted by molar-refractivity contribution is -0.666. The molecule has 0 amide bonds. The van der Waals surface area contributed by atoms with Crippen LogP contribution in [-0.4, -0.2) is 6.72 Å². The summed E-state index contributed by atoms with van der Waals surface area (Å²) in [5.74, 6) is 0.973. The predicted octanol–water partition coefficient (Wildman–Crippen LogP) is 1.72. The summed E-state index contributed by atoms with van der Waals surface area (Å²) < 4.78 is 2.17. The van der Waals surface area contributed by atoms with E-state index >= 15 is 0 Å². The maximum Gasteiger partial charge on any atom is 0.322 e. The quantitative estimate of drug-likeness (QED) is 0.456. The monoisotopic (exact) mass is 175 g/mol. The molecule has 0 atom stereocenters. The lowest BCUT2D eigenvalue weighted by atomic mass is 9.96. The lowest BCUT2D eigenvalue weighted by Gasteiger charge is -2.15. The molecule has 1 aliphatic rings. The number of pyridine rings is 1. The summed E-state index contributed by atoms with van der Waals surface area (Å²) in [4.78, 5) is 3.99. The molecule has 1 aromatic heterocycles. The van der Waals surface area contributed by atoms with Gasteiger partial charge in [-0.25, -0.2) is 4.57 Å². The summed E-state index contributed by atoms with van der Waals surface area (Å²) in [7, 11) is 2.08. The normalized spacial score (nSPS) is 15.2. The highest BCUT2D eigenvalue weighted by Crippen LogP contribution is 2.19. The second kappa shape index (κ2) is 3.29. The topological polar surface area (TPSA) is 16.2 Å². The molecule has 0 saturated heterocycles. The van der Waals surface area contributed by atoms with Crippen molar-refractivity contribution in [2.75, 3.05) is 0 Å². The SMILES string of the molecule is C=Nc1ccc2c([n+]1C)CCCC2. The molecule has 1 heterocycles. The van der Waals surface area contributed by atoms with E-state index in [1.807, 2.05) is 0 Å². The van der Waals surface area contributed by atoms with Gasteiger partial charge in [0.15, 0.2) is 0 Å². The van der Waals surface area contributed by atoms with Gasteiger partial charge in [-0.2, -0.15) is 0 Å². The fraction of sp³-hybridized carbons (Fsp3) is 0.455. The van der Waals surface area contributed by atoms with Gasteiger partial charge in [-0.1, -0.05) is 4.99 Å². The molecule has 68 valence electrons. The zero-order valence-electron chi connectivity index (χ0n) is 8.08. The van der Waals surface area contributed by atoms with Gasteiger partial charge in [0.25, 0.3) is 0 Å². The van der Waals surface area contributed by atoms with Crippen molar-refractivity contribution < 1.29 is 4.57 Å². The van der Waals surface area contributed by atoms with Crippen molar-refractivity contribution in [1.29, 1.82) is 0 Å². The van der Waals surface area contributed by atoms with Gasteiger partial charge in [0.2, 0.25) is 0 Å². The van der Waals surface area contributed by atoms with E-state index in [4.69, 9.17) is 0 Å². The molecule has 1 aliphatic carbocycles. The van der Waals surface area contributed by atoms with E-state index in [1.54, 1.807) is 0 Å². The Morgan fingerprint density at radius 2 is 2.08 bits per heavy atom. The number of aromatic nitrogens is 1. The van der Waals surface area contributed by atoms with Crippen LogP contribution in [0.3, 0.4) is 0 Å². The highest BCUT2D eigenvalue weighted by molar-refractivity contribution is 5.37. The van der Waals surface area contributed by atoms with E-state index in [0.29, 0.717) is 0 Å². The molecule has 0 N–H and O–H groups in total. The smallest absolute Gasteiger partial charge is 0.231 e. The van der Waals surface area contributed by atoms with Crippen molar-refractivity contribution in [1.82, 2.24) is 0 Å². The molecule has 1 aromatic rings. The van der Waals surface area contributed by atoms with Crippen molar-refractivity contribution in [3.05, 3.63) is 23.4 Å². The fourth-order valence-electron chi connectivity index (χ4n) is 2.06. The standard InChI is InChI=1S/C11H15N2/c1-12-11-8-7-9-5-3-4-6-10(9)13(11)2/h7-8H,1,3-6H2,2H3/q+1. The summed E-state index contributed by atoms with van der Waals surface area (Å²) in [6, 6.07) is 4.25. The van der Waals surface area contributed by atoms with Crippen LogP contribution in [0.2, 0.25) is 0 Å². The summed E-state index contributed by atoms with van der Waals surface area (Å²) in [5.41, 5.74) is 2.93. The summed E-state index contributed by atoms with van der Waals surface area (Å²) >= 11 is 0. The van der Waals surface area contributed by atoms with E-state index in [0.717, 1.165) is 5.82 Å². The highest BCUT2D eigenvalue weighted by atomic mass is 15.0. The lowest BCUT2D eigenvalue weighted by Crippen LogP contribution is -2.36. The zero-order valence-corrected chi connectivity index (χ0v) is 8.08. The van der Waals surface area contributed by atoms with Gasteiger partial charge >= 0.3 is 5.82 Å². The molecule has 2 rings (SSSR count). The van der Waals surface area contributed by atoms with Crippen LogP contribution >= 0.6 is 0 Å². The molecule has 0 bridgehead atoms. The maximum atomic E-state index is 3.99. The first-order valence-electron chi connectivity index (χ1n) is 4.80. The molecule has 0 radical (unpaired) electrons. The van der Waals surface area contributed by atoms with Crippen molar-refractivity contribution in [2.45, 2.75) is 25.7 Å². The van der Waals surface area contributed by atoms with Crippen LogP contribution in [0.25, 0.3) is 0 Å². The molecule has 13 heavy (non-hydrogen) atoms. The van der Waals surface area contributed by atoms with E-state index in [2.05, 4.69) is 35.5 Å². The maximum absolute atomic E-state index is 3.99. The number of fused-ring (bicyclic) bond motifs is 1. The Kier molecular flexibility index (Phi) is 2.13. The molecule has 0 aromatic carbocycles. The van der Waals surface area contributed by atoms with E-state index in [1.165, 1.54) is 36.9 Å². The van der Waals surface area contributed by atoms with E-state index in [9.17, 15) is 0 Å². The Hall–Kier alpha value is -1.18. The Bertz CT molecular complexity index is 342. The van der Waals surface area contributed by atoms with E-state index < -0.39 is 0 Å². The third kappa shape index (κ3) is 1.37. The first-order chi connectivity index (χ1) is 6.33. The average Bonchev–Trinajstić information content (AvgIpc) is 2.19. The molecule has 0 spiro atoms. The van der Waals surface area contributed by atoms with Crippen LogP contribution in [0.5, 0.6) is 0 Å². The Balaban J connectivity index is 2.54. The van der Waals surface area contributed by atoms with Crippen molar-refractivity contribution in [3.63, 3.8) is 0 Å². The van der Waals surface area contributed by atoms with Gasteiger partial charge in [-0.05, 0) is 30.9 Å². The third-order valence-electron chi connectivity index (χ3n) is 2.82. The zero-order chi connectivity index (χ0) is 9.26. The van der Waals surface area contributed by atoms with Crippen LogP contribution in [-0.2, 0) is 19.9 Å².